The van der Waals surface area contributed by atoms with Crippen LogP contribution < -0.4 is 5.32 Å². The van der Waals surface area contributed by atoms with Crippen LogP contribution in [0.4, 0.5) is 0 Å². The van der Waals surface area contributed by atoms with Crippen molar-refractivity contribution in [3.8, 4) is 0 Å². The van der Waals surface area contributed by atoms with E-state index in [2.05, 4.69) is 17.3 Å². The Morgan fingerprint density at radius 2 is 2.05 bits per heavy atom. The second-order valence-corrected chi connectivity index (χ2v) is 6.07. The Morgan fingerprint density at radius 3 is 2.75 bits per heavy atom. The first-order valence-corrected chi connectivity index (χ1v) is 7.89. The van der Waals surface area contributed by atoms with E-state index >= 15 is 0 Å². The van der Waals surface area contributed by atoms with Crippen molar-refractivity contribution in [1.29, 1.82) is 0 Å². The van der Waals surface area contributed by atoms with Crippen molar-refractivity contribution in [2.24, 2.45) is 0 Å². The lowest BCUT2D eigenvalue weighted by atomic mass is 10.1. The van der Waals surface area contributed by atoms with Crippen LogP contribution in [0.5, 0.6) is 0 Å². The van der Waals surface area contributed by atoms with E-state index in [4.69, 9.17) is 11.6 Å². The van der Waals surface area contributed by atoms with Crippen LogP contribution in [0.2, 0.25) is 5.02 Å². The molecule has 2 rings (SSSR count). The largest absolute Gasteiger partial charge is 0.387 e. The molecule has 3 nitrogen and oxygen atoms in total. The zero-order chi connectivity index (χ0) is 14.4. The lowest BCUT2D eigenvalue weighted by molar-refractivity contribution is 0.170. The summed E-state index contributed by atoms with van der Waals surface area (Å²) in [6.07, 6.45) is 4.86. The van der Waals surface area contributed by atoms with E-state index in [1.165, 1.54) is 25.7 Å². The third-order valence-corrected chi connectivity index (χ3v) is 4.54. The number of halogens is 1. The normalized spacial score (nSPS) is 17.8. The monoisotopic (exact) mass is 296 g/mol. The van der Waals surface area contributed by atoms with Gasteiger partial charge in [-0.05, 0) is 26.0 Å². The Kier molecular flexibility index (Phi) is 6.30. The summed E-state index contributed by atoms with van der Waals surface area (Å²) in [5.41, 5.74) is 0.797. The predicted molar refractivity (Wildman–Crippen MR) is 84.2 cm³/mol. The fraction of sp³-hybridized carbons (Fsp3) is 0.625. The molecule has 1 fully saturated rings. The van der Waals surface area contributed by atoms with Crippen LogP contribution in [0.25, 0.3) is 0 Å². The van der Waals surface area contributed by atoms with E-state index in [0.29, 0.717) is 11.6 Å². The molecule has 1 atom stereocenters. The van der Waals surface area contributed by atoms with Gasteiger partial charge in [-0.1, -0.05) is 42.6 Å². The van der Waals surface area contributed by atoms with Gasteiger partial charge in [-0.25, -0.2) is 0 Å². The molecule has 0 bridgehead atoms. The molecular formula is C16H25ClN2O. The zero-order valence-electron chi connectivity index (χ0n) is 12.2. The number of aliphatic hydroxyl groups excluding tert-OH is 1. The molecule has 0 amide bonds. The number of nitrogens with one attached hydrogen (secondary N) is 1. The molecule has 112 valence electrons. The van der Waals surface area contributed by atoms with Crippen molar-refractivity contribution in [3.63, 3.8) is 0 Å². The molecule has 0 heterocycles. The second-order valence-electron chi connectivity index (χ2n) is 5.66. The summed E-state index contributed by atoms with van der Waals surface area (Å²) in [5, 5.41) is 14.1. The maximum Gasteiger partial charge on any atom is 0.0928 e. The van der Waals surface area contributed by atoms with Gasteiger partial charge in [0.1, 0.15) is 0 Å². The Labute approximate surface area is 126 Å². The molecule has 20 heavy (non-hydrogen) atoms. The average molecular weight is 297 g/mol. The molecule has 4 heteroatoms. The Hall–Kier alpha value is -0.610. The predicted octanol–water partition coefficient (Wildman–Crippen LogP) is 2.84. The van der Waals surface area contributed by atoms with Gasteiger partial charge in [-0.2, -0.15) is 0 Å². The van der Waals surface area contributed by atoms with Gasteiger partial charge in [-0.15, -0.1) is 0 Å². The minimum atomic E-state index is -0.541. The van der Waals surface area contributed by atoms with Gasteiger partial charge in [-0.3, -0.25) is 0 Å². The van der Waals surface area contributed by atoms with E-state index in [1.807, 2.05) is 24.3 Å². The highest BCUT2D eigenvalue weighted by atomic mass is 35.5. The molecular weight excluding hydrogens is 272 g/mol. The standard InChI is InChI=1S/C16H25ClN2O/c1-19(13-6-2-3-7-13)11-10-18-12-16(20)14-8-4-5-9-15(14)17/h4-5,8-9,13,16,18,20H,2-3,6-7,10-12H2,1H3. The van der Waals surface area contributed by atoms with Crippen molar-refractivity contribution in [2.45, 2.75) is 37.8 Å². The molecule has 0 aromatic heterocycles. The van der Waals surface area contributed by atoms with E-state index < -0.39 is 6.10 Å². The van der Waals surface area contributed by atoms with Crippen LogP contribution in [0.3, 0.4) is 0 Å². The van der Waals surface area contributed by atoms with Crippen LogP contribution in [0.1, 0.15) is 37.4 Å². The lowest BCUT2D eigenvalue weighted by Gasteiger charge is -2.24. The smallest absolute Gasteiger partial charge is 0.0928 e. The van der Waals surface area contributed by atoms with E-state index in [-0.39, 0.29) is 0 Å². The Bertz CT molecular complexity index is 407. The number of hydrogen-bond acceptors (Lipinski definition) is 3. The van der Waals surface area contributed by atoms with Gasteiger partial charge < -0.3 is 15.3 Å². The molecule has 0 spiro atoms. The van der Waals surface area contributed by atoms with Crippen LogP contribution in [0.15, 0.2) is 24.3 Å². The molecule has 0 aliphatic heterocycles. The molecule has 2 N–H and O–H groups in total. The van der Waals surface area contributed by atoms with Gasteiger partial charge in [0.15, 0.2) is 0 Å². The summed E-state index contributed by atoms with van der Waals surface area (Å²) in [7, 11) is 2.20. The highest BCUT2D eigenvalue weighted by Gasteiger charge is 2.18. The fourth-order valence-corrected chi connectivity index (χ4v) is 3.14. The topological polar surface area (TPSA) is 35.5 Å². The molecule has 1 aromatic rings. The Balaban J connectivity index is 1.66. The molecule has 1 saturated carbocycles. The number of rotatable bonds is 7. The highest BCUT2D eigenvalue weighted by molar-refractivity contribution is 6.31. The first kappa shape index (κ1) is 15.8. The number of aliphatic hydroxyl groups is 1. The molecule has 1 aromatic carbocycles. The lowest BCUT2D eigenvalue weighted by Crippen LogP contribution is -2.36. The maximum absolute atomic E-state index is 10.1. The summed E-state index contributed by atoms with van der Waals surface area (Å²) in [6.45, 7) is 2.47. The van der Waals surface area contributed by atoms with Crippen molar-refractivity contribution in [2.75, 3.05) is 26.7 Å². The van der Waals surface area contributed by atoms with E-state index in [1.54, 1.807) is 0 Å². The van der Waals surface area contributed by atoms with Crippen LogP contribution in [-0.4, -0.2) is 42.7 Å². The van der Waals surface area contributed by atoms with Crippen molar-refractivity contribution >= 4 is 11.6 Å². The van der Waals surface area contributed by atoms with Gasteiger partial charge in [0.2, 0.25) is 0 Å². The van der Waals surface area contributed by atoms with E-state index in [0.717, 1.165) is 24.7 Å². The first-order chi connectivity index (χ1) is 9.68. The van der Waals surface area contributed by atoms with Crippen molar-refractivity contribution < 1.29 is 5.11 Å². The number of hydrogen-bond donors (Lipinski definition) is 2. The van der Waals surface area contributed by atoms with Crippen molar-refractivity contribution in [1.82, 2.24) is 10.2 Å². The van der Waals surface area contributed by atoms with Crippen molar-refractivity contribution in [3.05, 3.63) is 34.9 Å². The number of nitrogens with zero attached hydrogens (tertiary/aromatic N) is 1. The van der Waals surface area contributed by atoms with Crippen LogP contribution in [0, 0.1) is 0 Å². The summed E-state index contributed by atoms with van der Waals surface area (Å²) in [5.74, 6) is 0. The third kappa shape index (κ3) is 4.45. The minimum absolute atomic E-state index is 0.541. The number of benzene rings is 1. The SMILES string of the molecule is CN(CCNCC(O)c1ccccc1Cl)C1CCCC1. The third-order valence-electron chi connectivity index (χ3n) is 4.19. The highest BCUT2D eigenvalue weighted by Crippen LogP contribution is 2.22. The molecule has 1 aliphatic carbocycles. The van der Waals surface area contributed by atoms with Crippen LogP contribution in [-0.2, 0) is 0 Å². The van der Waals surface area contributed by atoms with Crippen LogP contribution >= 0.6 is 11.6 Å². The zero-order valence-corrected chi connectivity index (χ0v) is 12.9. The summed E-state index contributed by atoms with van der Waals surface area (Å²) >= 11 is 6.07. The summed E-state index contributed by atoms with van der Waals surface area (Å²) in [6, 6.07) is 8.22. The van der Waals surface area contributed by atoms with E-state index in [9.17, 15) is 5.11 Å². The molecule has 1 aliphatic rings. The molecule has 0 saturated heterocycles. The van der Waals surface area contributed by atoms with Gasteiger partial charge in [0.25, 0.3) is 0 Å². The summed E-state index contributed by atoms with van der Waals surface area (Å²) < 4.78 is 0. The summed E-state index contributed by atoms with van der Waals surface area (Å²) in [4.78, 5) is 2.43. The maximum atomic E-state index is 10.1. The molecule has 0 radical (unpaired) electrons. The van der Waals surface area contributed by atoms with Gasteiger partial charge in [0.05, 0.1) is 6.10 Å². The fourth-order valence-electron chi connectivity index (χ4n) is 2.88. The first-order valence-electron chi connectivity index (χ1n) is 7.52. The molecule has 1 unspecified atom stereocenters. The average Bonchev–Trinajstić information content (AvgIpc) is 2.98. The second kappa shape index (κ2) is 7.99. The minimum Gasteiger partial charge on any atom is -0.387 e. The quantitative estimate of drug-likeness (QED) is 0.760. The van der Waals surface area contributed by atoms with Gasteiger partial charge in [0, 0.05) is 36.3 Å². The Morgan fingerprint density at radius 1 is 1.35 bits per heavy atom. The number of likely N-dealkylation sites (N-methyl/N-ethyl adjacent to an activating group) is 1. The van der Waals surface area contributed by atoms with Gasteiger partial charge >= 0.3 is 0 Å².